The van der Waals surface area contributed by atoms with Crippen molar-refractivity contribution in [1.29, 1.82) is 0 Å². The molecule has 0 rings (SSSR count). The van der Waals surface area contributed by atoms with E-state index in [2.05, 4.69) is 6.58 Å². The van der Waals surface area contributed by atoms with Crippen LogP contribution in [0.25, 0.3) is 0 Å². The second-order valence-electron chi connectivity index (χ2n) is 3.23. The van der Waals surface area contributed by atoms with Gasteiger partial charge < -0.3 is 20.7 Å². The van der Waals surface area contributed by atoms with Crippen LogP contribution in [0.15, 0.2) is 35.8 Å². The van der Waals surface area contributed by atoms with Crippen LogP contribution < -0.4 is 5.73 Å². The summed E-state index contributed by atoms with van der Waals surface area (Å²) >= 11 is 0. The fraction of sp³-hybridized carbons (Fsp3) is 0.455. The second kappa shape index (κ2) is 7.09. The molecule has 0 spiro atoms. The highest BCUT2D eigenvalue weighted by Crippen LogP contribution is 2.08. The summed E-state index contributed by atoms with van der Waals surface area (Å²) in [5, 5.41) is 18.6. The van der Waals surface area contributed by atoms with Crippen molar-refractivity contribution < 1.29 is 14.9 Å². The van der Waals surface area contributed by atoms with E-state index in [0.717, 1.165) is 0 Å². The Morgan fingerprint density at radius 1 is 1.53 bits per heavy atom. The van der Waals surface area contributed by atoms with Crippen LogP contribution in [-0.2, 0) is 4.74 Å². The standard InChI is InChI=1S/C11H19NO3/c1-8(6-10(13)7-12)4-5-11(14)9(2)15-3/h4-5,10,13-14H,1,6-7,12H2,2-3H3/b5-4-,11-9-. The number of allylic oxidation sites excluding steroid dienone is 3. The van der Waals surface area contributed by atoms with Gasteiger partial charge in [0.1, 0.15) is 5.76 Å². The van der Waals surface area contributed by atoms with Crippen LogP contribution in [-0.4, -0.2) is 30.0 Å². The monoisotopic (exact) mass is 213 g/mol. The molecule has 0 aliphatic carbocycles. The Labute approximate surface area is 90.4 Å². The molecule has 4 N–H and O–H groups in total. The van der Waals surface area contributed by atoms with Crippen molar-refractivity contribution in [2.24, 2.45) is 5.73 Å². The average Bonchev–Trinajstić information content (AvgIpc) is 2.24. The summed E-state index contributed by atoms with van der Waals surface area (Å²) in [6.07, 6.45) is 2.91. The van der Waals surface area contributed by atoms with Gasteiger partial charge in [-0.1, -0.05) is 18.2 Å². The van der Waals surface area contributed by atoms with Crippen molar-refractivity contribution in [3.8, 4) is 0 Å². The van der Waals surface area contributed by atoms with Gasteiger partial charge in [0.15, 0.2) is 5.76 Å². The van der Waals surface area contributed by atoms with Crippen molar-refractivity contribution >= 4 is 0 Å². The summed E-state index contributed by atoms with van der Waals surface area (Å²) in [5.74, 6) is 0.472. The van der Waals surface area contributed by atoms with Gasteiger partial charge in [-0.2, -0.15) is 0 Å². The summed E-state index contributed by atoms with van der Waals surface area (Å²) in [4.78, 5) is 0. The highest BCUT2D eigenvalue weighted by Gasteiger charge is 2.01. The van der Waals surface area contributed by atoms with E-state index < -0.39 is 6.10 Å². The first-order valence-corrected chi connectivity index (χ1v) is 4.69. The van der Waals surface area contributed by atoms with Crippen molar-refractivity contribution in [2.45, 2.75) is 19.4 Å². The maximum Gasteiger partial charge on any atom is 0.152 e. The SMILES string of the molecule is C=C(/C=C\C(O)=C(/C)OC)CC(O)CN. The van der Waals surface area contributed by atoms with E-state index in [4.69, 9.17) is 10.5 Å². The molecule has 0 saturated carbocycles. The molecule has 15 heavy (non-hydrogen) atoms. The minimum atomic E-state index is -0.586. The molecule has 1 unspecified atom stereocenters. The fourth-order valence-electron chi connectivity index (χ4n) is 0.873. The molecule has 0 aliphatic rings. The van der Waals surface area contributed by atoms with E-state index in [-0.39, 0.29) is 12.3 Å². The van der Waals surface area contributed by atoms with Crippen LogP contribution >= 0.6 is 0 Å². The van der Waals surface area contributed by atoms with E-state index in [1.54, 1.807) is 13.0 Å². The van der Waals surface area contributed by atoms with E-state index >= 15 is 0 Å². The van der Waals surface area contributed by atoms with Crippen LogP contribution in [0.5, 0.6) is 0 Å². The van der Waals surface area contributed by atoms with Gasteiger partial charge in [0.25, 0.3) is 0 Å². The molecule has 0 fully saturated rings. The molecule has 0 aromatic rings. The molecule has 86 valence electrons. The Morgan fingerprint density at radius 3 is 2.60 bits per heavy atom. The number of hydrogen-bond acceptors (Lipinski definition) is 4. The molecule has 0 aromatic carbocycles. The van der Waals surface area contributed by atoms with Gasteiger partial charge in [0, 0.05) is 6.54 Å². The number of aliphatic hydroxyl groups is 2. The first-order chi connectivity index (χ1) is 7.01. The first kappa shape index (κ1) is 13.7. The van der Waals surface area contributed by atoms with Crippen LogP contribution in [0.3, 0.4) is 0 Å². The van der Waals surface area contributed by atoms with Gasteiger partial charge >= 0.3 is 0 Å². The Morgan fingerprint density at radius 2 is 2.13 bits per heavy atom. The third-order valence-corrected chi connectivity index (χ3v) is 1.91. The lowest BCUT2D eigenvalue weighted by Crippen LogP contribution is -2.19. The van der Waals surface area contributed by atoms with Gasteiger partial charge in [-0.3, -0.25) is 0 Å². The predicted octanol–water partition coefficient (Wildman–Crippen LogP) is 1.24. The van der Waals surface area contributed by atoms with Gasteiger partial charge in [0.2, 0.25) is 0 Å². The fourth-order valence-corrected chi connectivity index (χ4v) is 0.873. The number of rotatable bonds is 6. The van der Waals surface area contributed by atoms with Crippen LogP contribution in [0.2, 0.25) is 0 Å². The van der Waals surface area contributed by atoms with E-state index in [1.807, 2.05) is 0 Å². The zero-order valence-corrected chi connectivity index (χ0v) is 9.23. The molecular formula is C11H19NO3. The maximum absolute atomic E-state index is 9.40. The Balaban J connectivity index is 4.23. The highest BCUT2D eigenvalue weighted by atomic mass is 16.5. The van der Waals surface area contributed by atoms with Gasteiger partial charge in [-0.05, 0) is 19.4 Å². The average molecular weight is 213 g/mol. The third-order valence-electron chi connectivity index (χ3n) is 1.91. The molecule has 0 radical (unpaired) electrons. The lowest BCUT2D eigenvalue weighted by molar-refractivity contribution is 0.184. The van der Waals surface area contributed by atoms with Crippen molar-refractivity contribution in [2.75, 3.05) is 13.7 Å². The molecule has 0 aliphatic heterocycles. The summed E-state index contributed by atoms with van der Waals surface area (Å²) < 4.78 is 4.83. The molecular weight excluding hydrogens is 194 g/mol. The number of aliphatic hydroxyl groups excluding tert-OH is 2. The number of nitrogens with two attached hydrogens (primary N) is 1. The number of hydrogen-bond donors (Lipinski definition) is 3. The summed E-state index contributed by atoms with van der Waals surface area (Å²) in [5.41, 5.74) is 5.95. The number of ether oxygens (including phenoxy) is 1. The Kier molecular flexibility index (Phi) is 6.49. The van der Waals surface area contributed by atoms with Gasteiger partial charge in [-0.25, -0.2) is 0 Å². The Hall–Kier alpha value is -1.26. The maximum atomic E-state index is 9.40. The van der Waals surface area contributed by atoms with Gasteiger partial charge in [-0.15, -0.1) is 0 Å². The van der Waals surface area contributed by atoms with Crippen LogP contribution in [0, 0.1) is 0 Å². The highest BCUT2D eigenvalue weighted by molar-refractivity contribution is 5.23. The molecule has 4 heteroatoms. The molecule has 0 heterocycles. The normalized spacial score (nSPS) is 14.9. The van der Waals surface area contributed by atoms with Crippen molar-refractivity contribution in [1.82, 2.24) is 0 Å². The summed E-state index contributed by atoms with van der Waals surface area (Å²) in [7, 11) is 1.48. The third kappa shape index (κ3) is 5.93. The topological polar surface area (TPSA) is 75.7 Å². The molecule has 0 amide bonds. The summed E-state index contributed by atoms with van der Waals surface area (Å²) in [6, 6.07) is 0. The molecule has 1 atom stereocenters. The molecule has 4 nitrogen and oxygen atoms in total. The van der Waals surface area contributed by atoms with E-state index in [9.17, 15) is 10.2 Å². The largest absolute Gasteiger partial charge is 0.505 e. The van der Waals surface area contributed by atoms with Gasteiger partial charge in [0.05, 0.1) is 13.2 Å². The quantitative estimate of drug-likeness (QED) is 0.458. The minimum absolute atomic E-state index is 0.0425. The smallest absolute Gasteiger partial charge is 0.152 e. The summed E-state index contributed by atoms with van der Waals surface area (Å²) in [6.45, 7) is 5.57. The second-order valence-corrected chi connectivity index (χ2v) is 3.23. The predicted molar refractivity (Wildman–Crippen MR) is 60.3 cm³/mol. The lowest BCUT2D eigenvalue weighted by atomic mass is 10.1. The van der Waals surface area contributed by atoms with Crippen LogP contribution in [0.1, 0.15) is 13.3 Å². The molecule has 0 aromatic heterocycles. The number of methoxy groups -OCH3 is 1. The lowest BCUT2D eigenvalue weighted by Gasteiger charge is -2.06. The minimum Gasteiger partial charge on any atom is -0.505 e. The zero-order chi connectivity index (χ0) is 11.8. The molecule has 0 bridgehead atoms. The van der Waals surface area contributed by atoms with Crippen molar-refractivity contribution in [3.63, 3.8) is 0 Å². The van der Waals surface area contributed by atoms with E-state index in [0.29, 0.717) is 17.8 Å². The van der Waals surface area contributed by atoms with E-state index in [1.165, 1.54) is 13.2 Å². The Bertz CT molecular complexity index is 269. The van der Waals surface area contributed by atoms with Crippen molar-refractivity contribution in [3.05, 3.63) is 35.8 Å². The molecule has 0 saturated heterocycles. The zero-order valence-electron chi connectivity index (χ0n) is 9.23. The first-order valence-electron chi connectivity index (χ1n) is 4.69. The van der Waals surface area contributed by atoms with Crippen LogP contribution in [0.4, 0.5) is 0 Å².